The second kappa shape index (κ2) is 7.31. The minimum atomic E-state index is -0.579. The standard InChI is InChI=1S/C18H13N3O5/c22-16-8-4-2-6-14(16)18(23)20-19-11-12-9-10-17(26-12)13-5-1-3-7-15(13)21(24)25/h1-11,22H,(H,20,23). The number of amides is 1. The van der Waals surface area contributed by atoms with Gasteiger partial charge in [-0.1, -0.05) is 24.3 Å². The molecule has 3 rings (SSSR count). The lowest BCUT2D eigenvalue weighted by molar-refractivity contribution is -0.384. The van der Waals surface area contributed by atoms with Gasteiger partial charge in [-0.3, -0.25) is 14.9 Å². The van der Waals surface area contributed by atoms with Crippen molar-refractivity contribution in [2.45, 2.75) is 0 Å². The number of phenols is 1. The molecule has 0 saturated heterocycles. The van der Waals surface area contributed by atoms with Crippen LogP contribution in [0.25, 0.3) is 11.3 Å². The van der Waals surface area contributed by atoms with Crippen molar-refractivity contribution >= 4 is 17.8 Å². The maximum Gasteiger partial charge on any atom is 0.280 e. The molecule has 8 heteroatoms. The van der Waals surface area contributed by atoms with Gasteiger partial charge in [0, 0.05) is 6.07 Å². The van der Waals surface area contributed by atoms with E-state index in [1.807, 2.05) is 0 Å². The van der Waals surface area contributed by atoms with Gasteiger partial charge in [-0.15, -0.1) is 0 Å². The number of aromatic hydroxyl groups is 1. The summed E-state index contributed by atoms with van der Waals surface area (Å²) in [5, 5.41) is 24.5. The van der Waals surface area contributed by atoms with Crippen LogP contribution >= 0.6 is 0 Å². The molecule has 1 aromatic heterocycles. The fraction of sp³-hybridized carbons (Fsp3) is 0. The Labute approximate surface area is 147 Å². The Bertz CT molecular complexity index is 994. The first kappa shape index (κ1) is 16.9. The number of benzene rings is 2. The van der Waals surface area contributed by atoms with Gasteiger partial charge in [0.25, 0.3) is 11.6 Å². The molecule has 0 spiro atoms. The zero-order valence-corrected chi connectivity index (χ0v) is 13.3. The molecule has 0 radical (unpaired) electrons. The maximum atomic E-state index is 11.9. The second-order valence-corrected chi connectivity index (χ2v) is 5.19. The Morgan fingerprint density at radius 3 is 2.62 bits per heavy atom. The Hall–Kier alpha value is -3.94. The predicted molar refractivity (Wildman–Crippen MR) is 94.0 cm³/mol. The summed E-state index contributed by atoms with van der Waals surface area (Å²) in [6.07, 6.45) is 1.26. The molecule has 0 fully saturated rings. The highest BCUT2D eigenvalue weighted by atomic mass is 16.6. The predicted octanol–water partition coefficient (Wildman–Crippen LogP) is 3.32. The molecule has 0 saturated carbocycles. The van der Waals surface area contributed by atoms with Crippen molar-refractivity contribution in [2.24, 2.45) is 5.10 Å². The van der Waals surface area contributed by atoms with E-state index in [2.05, 4.69) is 10.5 Å². The molecule has 0 aliphatic carbocycles. The van der Waals surface area contributed by atoms with Gasteiger partial charge in [0.2, 0.25) is 0 Å². The Morgan fingerprint density at radius 2 is 1.85 bits per heavy atom. The third-order valence-corrected chi connectivity index (χ3v) is 3.50. The molecule has 1 heterocycles. The summed E-state index contributed by atoms with van der Waals surface area (Å²) >= 11 is 0. The minimum absolute atomic E-state index is 0.0711. The van der Waals surface area contributed by atoms with Crippen molar-refractivity contribution in [1.82, 2.24) is 5.43 Å². The highest BCUT2D eigenvalue weighted by Gasteiger charge is 2.16. The zero-order valence-electron chi connectivity index (χ0n) is 13.3. The summed E-state index contributed by atoms with van der Waals surface area (Å²) in [7, 11) is 0. The Morgan fingerprint density at radius 1 is 1.12 bits per heavy atom. The number of carbonyl (C=O) groups is 1. The van der Waals surface area contributed by atoms with Gasteiger partial charge in [-0.05, 0) is 30.3 Å². The van der Waals surface area contributed by atoms with Crippen molar-refractivity contribution in [3.63, 3.8) is 0 Å². The van der Waals surface area contributed by atoms with Crippen LogP contribution in [0.2, 0.25) is 0 Å². The lowest BCUT2D eigenvalue weighted by Gasteiger charge is -2.01. The summed E-state index contributed by atoms with van der Waals surface area (Å²) in [6, 6.07) is 15.4. The molecule has 1 amide bonds. The molecule has 2 N–H and O–H groups in total. The van der Waals surface area contributed by atoms with Crippen LogP contribution in [-0.4, -0.2) is 22.2 Å². The normalized spacial score (nSPS) is 10.8. The number of carbonyl (C=O) groups excluding carboxylic acids is 1. The average Bonchev–Trinajstić information content (AvgIpc) is 3.10. The van der Waals surface area contributed by atoms with E-state index in [9.17, 15) is 20.0 Å². The van der Waals surface area contributed by atoms with E-state index in [1.165, 1.54) is 24.4 Å². The molecule has 0 unspecified atom stereocenters. The Kier molecular flexibility index (Phi) is 4.75. The fourth-order valence-electron chi connectivity index (χ4n) is 2.29. The molecule has 8 nitrogen and oxygen atoms in total. The molecular formula is C18H13N3O5. The van der Waals surface area contributed by atoms with E-state index in [-0.39, 0.29) is 17.0 Å². The molecule has 0 aliphatic heterocycles. The van der Waals surface area contributed by atoms with Crippen LogP contribution in [0.15, 0.2) is 70.2 Å². The van der Waals surface area contributed by atoms with Crippen LogP contribution in [-0.2, 0) is 0 Å². The van der Waals surface area contributed by atoms with Crippen LogP contribution in [0, 0.1) is 10.1 Å². The summed E-state index contributed by atoms with van der Waals surface area (Å²) in [6.45, 7) is 0. The number of rotatable bonds is 5. The number of hydrazone groups is 1. The molecule has 130 valence electrons. The first-order chi connectivity index (χ1) is 12.6. The Balaban J connectivity index is 1.73. The van der Waals surface area contributed by atoms with Crippen LogP contribution < -0.4 is 5.43 Å². The second-order valence-electron chi connectivity index (χ2n) is 5.19. The van der Waals surface area contributed by atoms with Gasteiger partial charge in [-0.2, -0.15) is 5.10 Å². The van der Waals surface area contributed by atoms with E-state index >= 15 is 0 Å². The molecule has 0 atom stereocenters. The number of nitro groups is 1. The highest BCUT2D eigenvalue weighted by molar-refractivity contribution is 5.97. The number of phenolic OH excluding ortho intramolecular Hbond substituents is 1. The quantitative estimate of drug-likeness (QED) is 0.415. The molecule has 3 aromatic rings. The summed E-state index contributed by atoms with van der Waals surface area (Å²) in [4.78, 5) is 22.5. The van der Waals surface area contributed by atoms with Gasteiger partial charge in [0.15, 0.2) is 0 Å². The number of hydrogen-bond donors (Lipinski definition) is 2. The molecule has 26 heavy (non-hydrogen) atoms. The smallest absolute Gasteiger partial charge is 0.280 e. The monoisotopic (exact) mass is 351 g/mol. The van der Waals surface area contributed by atoms with E-state index in [0.717, 1.165) is 0 Å². The SMILES string of the molecule is O=C(NN=Cc1ccc(-c2ccccc2[N+](=O)[O-])o1)c1ccccc1O. The first-order valence-corrected chi connectivity index (χ1v) is 7.51. The van der Waals surface area contributed by atoms with E-state index in [0.29, 0.717) is 17.1 Å². The van der Waals surface area contributed by atoms with E-state index in [1.54, 1.807) is 42.5 Å². The topological polar surface area (TPSA) is 118 Å². The van der Waals surface area contributed by atoms with Crippen LogP contribution in [0.3, 0.4) is 0 Å². The van der Waals surface area contributed by atoms with Gasteiger partial charge < -0.3 is 9.52 Å². The summed E-state index contributed by atoms with van der Waals surface area (Å²) in [5.41, 5.74) is 2.63. The van der Waals surface area contributed by atoms with Crippen LogP contribution in [0.4, 0.5) is 5.69 Å². The van der Waals surface area contributed by atoms with Crippen LogP contribution in [0.1, 0.15) is 16.1 Å². The molecule has 0 aliphatic rings. The summed E-state index contributed by atoms with van der Waals surface area (Å²) < 4.78 is 5.52. The van der Waals surface area contributed by atoms with Crippen LogP contribution in [0.5, 0.6) is 5.75 Å². The molecular weight excluding hydrogens is 338 g/mol. The largest absolute Gasteiger partial charge is 0.507 e. The number of nitrogens with one attached hydrogen (secondary N) is 1. The lowest BCUT2D eigenvalue weighted by Crippen LogP contribution is -2.17. The number of hydrogen-bond acceptors (Lipinski definition) is 6. The highest BCUT2D eigenvalue weighted by Crippen LogP contribution is 2.30. The molecule has 0 bridgehead atoms. The van der Waals surface area contributed by atoms with Gasteiger partial charge >= 0.3 is 0 Å². The van der Waals surface area contributed by atoms with Crippen molar-refractivity contribution in [1.29, 1.82) is 0 Å². The van der Waals surface area contributed by atoms with Crippen molar-refractivity contribution < 1.29 is 19.2 Å². The van der Waals surface area contributed by atoms with E-state index < -0.39 is 10.8 Å². The summed E-state index contributed by atoms with van der Waals surface area (Å²) in [5.74, 6) is -0.122. The van der Waals surface area contributed by atoms with E-state index in [4.69, 9.17) is 4.42 Å². The third-order valence-electron chi connectivity index (χ3n) is 3.50. The van der Waals surface area contributed by atoms with Gasteiger partial charge in [0.1, 0.15) is 17.3 Å². The number of nitrogens with zero attached hydrogens (tertiary/aromatic N) is 2. The van der Waals surface area contributed by atoms with Crippen molar-refractivity contribution in [3.8, 4) is 17.1 Å². The van der Waals surface area contributed by atoms with Gasteiger partial charge in [-0.25, -0.2) is 5.43 Å². The van der Waals surface area contributed by atoms with Crippen molar-refractivity contribution in [3.05, 3.63) is 82.1 Å². The number of furan rings is 1. The first-order valence-electron chi connectivity index (χ1n) is 7.51. The third kappa shape index (κ3) is 3.59. The molecule has 2 aromatic carbocycles. The number of nitro benzene ring substituents is 1. The maximum absolute atomic E-state index is 11.9. The number of para-hydroxylation sites is 2. The van der Waals surface area contributed by atoms with Gasteiger partial charge in [0.05, 0.1) is 22.3 Å². The minimum Gasteiger partial charge on any atom is -0.507 e. The zero-order chi connectivity index (χ0) is 18.5. The fourth-order valence-corrected chi connectivity index (χ4v) is 2.29. The van der Waals surface area contributed by atoms with Crippen molar-refractivity contribution in [2.75, 3.05) is 0 Å². The lowest BCUT2D eigenvalue weighted by atomic mass is 10.1. The average molecular weight is 351 g/mol.